The van der Waals surface area contributed by atoms with Gasteiger partial charge in [-0.3, -0.25) is 4.90 Å². The molecule has 2 N–H and O–H groups in total. The highest BCUT2D eigenvalue weighted by Gasteiger charge is 2.22. The zero-order valence-electron chi connectivity index (χ0n) is 11.4. The first-order chi connectivity index (χ1) is 9.24. The van der Waals surface area contributed by atoms with Crippen LogP contribution in [0.2, 0.25) is 0 Å². The zero-order valence-corrected chi connectivity index (χ0v) is 11.4. The minimum atomic E-state index is -0.303. The lowest BCUT2D eigenvalue weighted by atomic mass is 9.97. The van der Waals surface area contributed by atoms with E-state index in [9.17, 15) is 4.79 Å². The van der Waals surface area contributed by atoms with E-state index in [0.717, 1.165) is 32.5 Å². The van der Waals surface area contributed by atoms with Crippen LogP contribution >= 0.6 is 0 Å². The van der Waals surface area contributed by atoms with Crippen LogP contribution in [0, 0.1) is 5.92 Å². The van der Waals surface area contributed by atoms with Gasteiger partial charge in [0.05, 0.1) is 19.4 Å². The van der Waals surface area contributed by atoms with E-state index in [1.807, 2.05) is 0 Å². The smallest absolute Gasteiger partial charge is 0.341 e. The summed E-state index contributed by atoms with van der Waals surface area (Å²) in [7, 11) is 0. The second kappa shape index (κ2) is 6.73. The maximum atomic E-state index is 11.7. The number of rotatable bonds is 5. The number of carbonyl (C=O) groups excluding carboxylic acids is 1. The van der Waals surface area contributed by atoms with Crippen LogP contribution in [0.4, 0.5) is 0 Å². The standard InChI is InChI=1S/C14H22N2O3/c1-2-18-14(17)12-5-8-19-13(12)10-16-6-3-11(9-15)4-7-16/h5,8,11H,2-4,6-7,9-10,15H2,1H3. The minimum absolute atomic E-state index is 0.303. The predicted molar refractivity (Wildman–Crippen MR) is 71.7 cm³/mol. The van der Waals surface area contributed by atoms with E-state index in [0.29, 0.717) is 30.4 Å². The molecular weight excluding hydrogens is 244 g/mol. The van der Waals surface area contributed by atoms with E-state index in [-0.39, 0.29) is 5.97 Å². The van der Waals surface area contributed by atoms with Crippen molar-refractivity contribution in [2.75, 3.05) is 26.2 Å². The molecule has 0 aliphatic carbocycles. The van der Waals surface area contributed by atoms with Gasteiger partial charge < -0.3 is 14.9 Å². The third kappa shape index (κ3) is 3.58. The van der Waals surface area contributed by atoms with Crippen molar-refractivity contribution in [2.24, 2.45) is 11.7 Å². The van der Waals surface area contributed by atoms with Gasteiger partial charge in [-0.1, -0.05) is 0 Å². The molecule has 0 unspecified atom stereocenters. The molecule has 19 heavy (non-hydrogen) atoms. The Hall–Kier alpha value is -1.33. The summed E-state index contributed by atoms with van der Waals surface area (Å²) in [4.78, 5) is 14.0. The average Bonchev–Trinajstić information content (AvgIpc) is 2.88. The van der Waals surface area contributed by atoms with Crippen LogP contribution in [0.25, 0.3) is 0 Å². The number of esters is 1. The fourth-order valence-corrected chi connectivity index (χ4v) is 2.44. The monoisotopic (exact) mass is 266 g/mol. The summed E-state index contributed by atoms with van der Waals surface area (Å²) < 4.78 is 10.4. The SMILES string of the molecule is CCOC(=O)c1ccoc1CN1CCC(CN)CC1. The van der Waals surface area contributed by atoms with Gasteiger partial charge in [0.2, 0.25) is 0 Å². The van der Waals surface area contributed by atoms with Crippen molar-refractivity contribution in [1.82, 2.24) is 4.90 Å². The highest BCUT2D eigenvalue weighted by Crippen LogP contribution is 2.20. The second-order valence-electron chi connectivity index (χ2n) is 4.93. The number of nitrogens with two attached hydrogens (primary N) is 1. The first-order valence-electron chi connectivity index (χ1n) is 6.90. The van der Waals surface area contributed by atoms with E-state index >= 15 is 0 Å². The summed E-state index contributed by atoms with van der Waals surface area (Å²) in [6, 6.07) is 1.68. The van der Waals surface area contributed by atoms with Gasteiger partial charge in [-0.05, 0) is 51.4 Å². The van der Waals surface area contributed by atoms with Gasteiger partial charge >= 0.3 is 5.97 Å². The Labute approximate surface area is 113 Å². The Morgan fingerprint density at radius 2 is 2.26 bits per heavy atom. The van der Waals surface area contributed by atoms with E-state index in [1.54, 1.807) is 19.3 Å². The van der Waals surface area contributed by atoms with Gasteiger partial charge in [0.15, 0.2) is 0 Å². The normalized spacial score (nSPS) is 17.6. The van der Waals surface area contributed by atoms with E-state index < -0.39 is 0 Å². The number of carbonyl (C=O) groups is 1. The number of likely N-dealkylation sites (tertiary alicyclic amines) is 1. The molecule has 2 heterocycles. The Morgan fingerprint density at radius 1 is 1.53 bits per heavy atom. The summed E-state index contributed by atoms with van der Waals surface area (Å²) in [5.41, 5.74) is 6.23. The largest absolute Gasteiger partial charge is 0.467 e. The molecule has 1 aliphatic heterocycles. The van der Waals surface area contributed by atoms with Gasteiger partial charge in [0, 0.05) is 0 Å². The van der Waals surface area contributed by atoms with Gasteiger partial charge in [-0.15, -0.1) is 0 Å². The van der Waals surface area contributed by atoms with Crippen LogP contribution in [0.3, 0.4) is 0 Å². The van der Waals surface area contributed by atoms with Crippen molar-refractivity contribution in [3.63, 3.8) is 0 Å². The molecule has 5 nitrogen and oxygen atoms in total. The second-order valence-corrected chi connectivity index (χ2v) is 4.93. The lowest BCUT2D eigenvalue weighted by molar-refractivity contribution is 0.0521. The molecule has 1 saturated heterocycles. The molecule has 106 valence electrons. The van der Waals surface area contributed by atoms with Gasteiger partial charge in [0.1, 0.15) is 11.3 Å². The summed E-state index contributed by atoms with van der Waals surface area (Å²) in [6.07, 6.45) is 3.78. The van der Waals surface area contributed by atoms with Crippen molar-refractivity contribution in [3.05, 3.63) is 23.7 Å². The van der Waals surface area contributed by atoms with Crippen molar-refractivity contribution in [3.8, 4) is 0 Å². The van der Waals surface area contributed by atoms with Crippen molar-refractivity contribution in [2.45, 2.75) is 26.3 Å². The van der Waals surface area contributed by atoms with Crippen LogP contribution in [0.5, 0.6) is 0 Å². The first kappa shape index (κ1) is 14.1. The molecular formula is C14H22N2O3. The number of nitrogens with zero attached hydrogens (tertiary/aromatic N) is 1. The summed E-state index contributed by atoms with van der Waals surface area (Å²) >= 11 is 0. The molecule has 0 spiro atoms. The molecule has 1 fully saturated rings. The van der Waals surface area contributed by atoms with Gasteiger partial charge in [-0.25, -0.2) is 4.79 Å². The molecule has 0 amide bonds. The summed E-state index contributed by atoms with van der Waals surface area (Å²) in [5.74, 6) is 1.03. The van der Waals surface area contributed by atoms with Gasteiger partial charge in [0.25, 0.3) is 0 Å². The number of hydrogen-bond donors (Lipinski definition) is 1. The summed E-state index contributed by atoms with van der Waals surface area (Å²) in [5, 5.41) is 0. The molecule has 5 heteroatoms. The van der Waals surface area contributed by atoms with Gasteiger partial charge in [-0.2, -0.15) is 0 Å². The van der Waals surface area contributed by atoms with Crippen LogP contribution in [-0.4, -0.2) is 37.1 Å². The first-order valence-corrected chi connectivity index (χ1v) is 6.90. The third-order valence-corrected chi connectivity index (χ3v) is 3.65. The van der Waals surface area contributed by atoms with E-state index in [4.69, 9.17) is 14.9 Å². The number of hydrogen-bond acceptors (Lipinski definition) is 5. The van der Waals surface area contributed by atoms with Crippen LogP contribution in [-0.2, 0) is 11.3 Å². The number of ether oxygens (including phenoxy) is 1. The van der Waals surface area contributed by atoms with Crippen molar-refractivity contribution < 1.29 is 13.9 Å². The van der Waals surface area contributed by atoms with Crippen molar-refractivity contribution in [1.29, 1.82) is 0 Å². The number of furan rings is 1. The molecule has 0 saturated carbocycles. The molecule has 0 aromatic carbocycles. The molecule has 0 atom stereocenters. The Morgan fingerprint density at radius 3 is 2.89 bits per heavy atom. The van der Waals surface area contributed by atoms with Crippen LogP contribution in [0.15, 0.2) is 16.7 Å². The maximum Gasteiger partial charge on any atom is 0.341 e. The van der Waals surface area contributed by atoms with Crippen LogP contribution in [0.1, 0.15) is 35.9 Å². The third-order valence-electron chi connectivity index (χ3n) is 3.65. The Balaban J connectivity index is 1.93. The highest BCUT2D eigenvalue weighted by molar-refractivity contribution is 5.90. The minimum Gasteiger partial charge on any atom is -0.467 e. The lowest BCUT2D eigenvalue weighted by Crippen LogP contribution is -2.35. The van der Waals surface area contributed by atoms with E-state index in [2.05, 4.69) is 4.90 Å². The average molecular weight is 266 g/mol. The molecule has 1 aromatic rings. The fourth-order valence-electron chi connectivity index (χ4n) is 2.44. The van der Waals surface area contributed by atoms with E-state index in [1.165, 1.54) is 0 Å². The summed E-state index contributed by atoms with van der Waals surface area (Å²) in [6.45, 7) is 5.62. The fraction of sp³-hybridized carbons (Fsp3) is 0.643. The Bertz CT molecular complexity index is 409. The molecule has 2 rings (SSSR count). The molecule has 1 aliphatic rings. The van der Waals surface area contributed by atoms with Crippen LogP contribution < -0.4 is 5.73 Å². The lowest BCUT2D eigenvalue weighted by Gasteiger charge is -2.30. The quantitative estimate of drug-likeness (QED) is 0.820. The topological polar surface area (TPSA) is 68.7 Å². The number of piperidine rings is 1. The molecule has 0 radical (unpaired) electrons. The highest BCUT2D eigenvalue weighted by atomic mass is 16.5. The molecule has 1 aromatic heterocycles. The maximum absolute atomic E-state index is 11.7. The zero-order chi connectivity index (χ0) is 13.7. The molecule has 0 bridgehead atoms. The Kier molecular flexibility index (Phi) is 4.99. The van der Waals surface area contributed by atoms with Crippen molar-refractivity contribution >= 4 is 5.97 Å². The predicted octanol–water partition coefficient (Wildman–Crippen LogP) is 1.63.